The number of anilines is 2. The van der Waals surface area contributed by atoms with Gasteiger partial charge in [0.15, 0.2) is 5.69 Å². The van der Waals surface area contributed by atoms with Gasteiger partial charge in [-0.3, -0.25) is 29.8 Å². The van der Waals surface area contributed by atoms with Gasteiger partial charge >= 0.3 is 11.7 Å². The van der Waals surface area contributed by atoms with Crippen LogP contribution in [0.3, 0.4) is 0 Å². The predicted octanol–water partition coefficient (Wildman–Crippen LogP) is 5.33. The highest BCUT2D eigenvalue weighted by molar-refractivity contribution is 5.94. The van der Waals surface area contributed by atoms with Gasteiger partial charge in [-0.1, -0.05) is 30.3 Å². The summed E-state index contributed by atoms with van der Waals surface area (Å²) in [5.74, 6) is -0.638. The number of benzene rings is 3. The van der Waals surface area contributed by atoms with Gasteiger partial charge in [-0.05, 0) is 11.6 Å². The van der Waals surface area contributed by atoms with Crippen LogP contribution in [0.4, 0.5) is 34.1 Å². The number of ether oxygens (including phenoxy) is 2. The number of azo groups is 1. The van der Waals surface area contributed by atoms with E-state index in [1.807, 2.05) is 35.2 Å². The van der Waals surface area contributed by atoms with E-state index >= 15 is 0 Å². The fourth-order valence-corrected chi connectivity index (χ4v) is 3.90. The van der Waals surface area contributed by atoms with Crippen molar-refractivity contribution < 1.29 is 28.9 Å². The number of carbonyl (C=O) groups is 2. The molecule has 0 atom stereocenters. The average Bonchev–Trinajstić information content (AvgIpc) is 2.97. The van der Waals surface area contributed by atoms with Crippen molar-refractivity contribution >= 4 is 46.0 Å². The Morgan fingerprint density at radius 3 is 2.33 bits per heavy atom. The first-order chi connectivity index (χ1) is 20.1. The molecule has 0 heterocycles. The number of rotatable bonds is 12. The highest BCUT2D eigenvalue weighted by Crippen LogP contribution is 2.42. The number of nitrogens with one attached hydrogen (secondary N) is 1. The van der Waals surface area contributed by atoms with Crippen LogP contribution in [0.25, 0.3) is 0 Å². The number of nitro benzene ring substituents is 2. The number of nitro groups is 2. The number of non-ortho nitro benzene ring substituents is 1. The van der Waals surface area contributed by atoms with E-state index < -0.39 is 44.3 Å². The summed E-state index contributed by atoms with van der Waals surface area (Å²) in [6.07, 6.45) is 0.0458. The first-order valence-corrected chi connectivity index (χ1v) is 12.2. The van der Waals surface area contributed by atoms with E-state index in [9.17, 15) is 35.1 Å². The van der Waals surface area contributed by atoms with Crippen molar-refractivity contribution in [3.63, 3.8) is 0 Å². The van der Waals surface area contributed by atoms with Gasteiger partial charge in [0, 0.05) is 32.1 Å². The summed E-state index contributed by atoms with van der Waals surface area (Å²) in [6, 6.07) is 15.6. The summed E-state index contributed by atoms with van der Waals surface area (Å²) in [5.41, 5.74) is -0.861. The topological polar surface area (TPSA) is 203 Å². The van der Waals surface area contributed by atoms with Crippen LogP contribution in [-0.2, 0) is 20.9 Å². The van der Waals surface area contributed by atoms with E-state index in [-0.39, 0.29) is 30.1 Å². The Labute approximate surface area is 239 Å². The fourth-order valence-electron chi connectivity index (χ4n) is 3.90. The maximum atomic E-state index is 12.1. The minimum atomic E-state index is -0.913. The van der Waals surface area contributed by atoms with Crippen LogP contribution in [0.15, 0.2) is 64.8 Å². The van der Waals surface area contributed by atoms with E-state index in [0.29, 0.717) is 18.3 Å². The maximum Gasteiger partial charge on any atom is 0.307 e. The molecule has 3 rings (SSSR count). The van der Waals surface area contributed by atoms with Crippen molar-refractivity contribution in [3.05, 3.63) is 86.0 Å². The Kier molecular flexibility index (Phi) is 10.2. The smallest absolute Gasteiger partial charge is 0.307 e. The molecule has 0 spiro atoms. The molecule has 0 fully saturated rings. The van der Waals surface area contributed by atoms with Crippen molar-refractivity contribution in [1.29, 1.82) is 5.26 Å². The molecule has 1 N–H and O–H groups in total. The van der Waals surface area contributed by atoms with Crippen LogP contribution in [0.1, 0.15) is 24.5 Å². The quantitative estimate of drug-likeness (QED) is 0.127. The molecule has 3 aromatic rings. The lowest BCUT2D eigenvalue weighted by Gasteiger charge is -2.27. The van der Waals surface area contributed by atoms with E-state index in [0.717, 1.165) is 11.6 Å². The highest BCUT2D eigenvalue weighted by atomic mass is 16.6. The number of hydrogen-bond acceptors (Lipinski definition) is 12. The number of hydrogen-bond donors (Lipinski definition) is 1. The molecule has 0 aliphatic heterocycles. The lowest BCUT2D eigenvalue weighted by molar-refractivity contribution is -0.393. The molecule has 0 saturated heterocycles. The minimum absolute atomic E-state index is 0.00923. The lowest BCUT2D eigenvalue weighted by atomic mass is 10.1. The van der Waals surface area contributed by atoms with Crippen molar-refractivity contribution in [2.45, 2.75) is 19.9 Å². The first-order valence-electron chi connectivity index (χ1n) is 12.2. The number of amides is 1. The van der Waals surface area contributed by atoms with Crippen LogP contribution in [-0.4, -0.2) is 42.5 Å². The summed E-state index contributed by atoms with van der Waals surface area (Å²) in [6.45, 7) is 1.84. The molecule has 3 aromatic carbocycles. The van der Waals surface area contributed by atoms with Gasteiger partial charge in [-0.15, -0.1) is 10.2 Å². The molecule has 0 aromatic heterocycles. The second-order valence-corrected chi connectivity index (χ2v) is 8.64. The molecule has 0 radical (unpaired) electrons. The van der Waals surface area contributed by atoms with Gasteiger partial charge in [0.25, 0.3) is 5.69 Å². The van der Waals surface area contributed by atoms with E-state index in [2.05, 4.69) is 15.5 Å². The number of nitrogens with zero attached hydrogens (tertiary/aromatic N) is 6. The second-order valence-electron chi connectivity index (χ2n) is 8.64. The van der Waals surface area contributed by atoms with Gasteiger partial charge in [-0.25, -0.2) is 0 Å². The maximum absolute atomic E-state index is 12.1. The molecule has 1 amide bonds. The third-order valence-electron chi connectivity index (χ3n) is 5.84. The number of esters is 1. The molecular formula is C27H25N7O8. The molecule has 15 nitrogen and oxygen atoms in total. The molecule has 42 heavy (non-hydrogen) atoms. The molecule has 0 unspecified atom stereocenters. The highest BCUT2D eigenvalue weighted by Gasteiger charge is 2.25. The molecule has 0 saturated carbocycles. The molecule has 15 heteroatoms. The zero-order chi connectivity index (χ0) is 30.8. The third-order valence-corrected chi connectivity index (χ3v) is 5.84. The molecule has 0 bridgehead atoms. The summed E-state index contributed by atoms with van der Waals surface area (Å²) in [5, 5.41) is 42.9. The predicted molar refractivity (Wildman–Crippen MR) is 150 cm³/mol. The van der Waals surface area contributed by atoms with Crippen LogP contribution >= 0.6 is 0 Å². The average molecular weight is 576 g/mol. The van der Waals surface area contributed by atoms with Crippen LogP contribution in [0, 0.1) is 31.6 Å². The zero-order valence-corrected chi connectivity index (χ0v) is 22.8. The SMILES string of the molecule is COC(=O)CCN(Cc1ccccc1)c1cc(NC(C)=O)c(N=Nc2c(C#N)cc([N+](=O)[O-])cc2[N+](=O)[O-])cc1OC. The van der Waals surface area contributed by atoms with Crippen LogP contribution in [0.5, 0.6) is 5.75 Å². The van der Waals surface area contributed by atoms with Gasteiger partial charge in [-0.2, -0.15) is 5.26 Å². The Morgan fingerprint density at radius 2 is 1.76 bits per heavy atom. The summed E-state index contributed by atoms with van der Waals surface area (Å²) in [7, 11) is 2.68. The first kappa shape index (κ1) is 30.6. The van der Waals surface area contributed by atoms with Crippen molar-refractivity contribution in [2.75, 3.05) is 31.0 Å². The van der Waals surface area contributed by atoms with Crippen LogP contribution in [0.2, 0.25) is 0 Å². The molecule has 0 aliphatic carbocycles. The lowest BCUT2D eigenvalue weighted by Crippen LogP contribution is -2.26. The van der Waals surface area contributed by atoms with Crippen molar-refractivity contribution in [3.8, 4) is 11.8 Å². The molecule has 216 valence electrons. The third kappa shape index (κ3) is 7.60. The van der Waals surface area contributed by atoms with Crippen molar-refractivity contribution in [2.24, 2.45) is 10.2 Å². The van der Waals surface area contributed by atoms with Gasteiger partial charge in [0.05, 0.1) is 53.5 Å². The minimum Gasteiger partial charge on any atom is -0.494 e. The largest absolute Gasteiger partial charge is 0.494 e. The van der Waals surface area contributed by atoms with E-state index in [4.69, 9.17) is 9.47 Å². The van der Waals surface area contributed by atoms with Crippen LogP contribution < -0.4 is 15.0 Å². The van der Waals surface area contributed by atoms with E-state index in [1.165, 1.54) is 27.2 Å². The Balaban J connectivity index is 2.16. The number of methoxy groups -OCH3 is 2. The van der Waals surface area contributed by atoms with Gasteiger partial charge < -0.3 is 19.7 Å². The monoisotopic (exact) mass is 575 g/mol. The van der Waals surface area contributed by atoms with E-state index in [1.54, 1.807) is 12.1 Å². The standard InChI is InChI=1S/C27H25N7O8/c1-17(35)29-21-13-23(32(10-9-26(36)42-3)16-18-7-5-4-6-8-18)25(41-2)14-22(21)30-31-27-19(15-28)11-20(33(37)38)12-24(27)34(39)40/h4-8,11-14H,9-10,16H2,1-3H3,(H,29,35). The van der Waals surface area contributed by atoms with Gasteiger partial charge in [0.2, 0.25) is 5.91 Å². The summed E-state index contributed by atoms with van der Waals surface area (Å²) >= 11 is 0. The Bertz CT molecular complexity index is 1590. The number of nitriles is 1. The Hall–Kier alpha value is -5.91. The Morgan fingerprint density at radius 1 is 1.05 bits per heavy atom. The molecule has 0 aliphatic rings. The summed E-state index contributed by atoms with van der Waals surface area (Å²) < 4.78 is 10.4. The normalized spacial score (nSPS) is 10.5. The number of carbonyl (C=O) groups excluding carboxylic acids is 2. The zero-order valence-electron chi connectivity index (χ0n) is 22.8. The molecular weight excluding hydrogens is 550 g/mol. The second kappa shape index (κ2) is 13.9. The fraction of sp³-hybridized carbons (Fsp3) is 0.222. The van der Waals surface area contributed by atoms with Crippen molar-refractivity contribution in [1.82, 2.24) is 0 Å². The van der Waals surface area contributed by atoms with Gasteiger partial charge in [0.1, 0.15) is 17.5 Å². The summed E-state index contributed by atoms with van der Waals surface area (Å²) in [4.78, 5) is 46.9.